The molecule has 0 bridgehead atoms. The Morgan fingerprint density at radius 1 is 1.04 bits per heavy atom. The third-order valence-corrected chi connectivity index (χ3v) is 3.90. The van der Waals surface area contributed by atoms with E-state index in [1.54, 1.807) is 24.3 Å². The minimum Gasteiger partial charge on any atom is -0.550 e. The Kier molecular flexibility index (Phi) is 13.9. The van der Waals surface area contributed by atoms with Crippen molar-refractivity contribution in [3.63, 3.8) is 0 Å². The molecule has 0 spiro atoms. The number of hydrogen-bond donors (Lipinski definition) is 1. The maximum absolute atomic E-state index is 11.9. The van der Waals surface area contributed by atoms with Gasteiger partial charge in [-0.2, -0.15) is 0 Å². The Hall–Kier alpha value is -1.44. The monoisotopic (exact) mass is 355 g/mol. The summed E-state index contributed by atoms with van der Waals surface area (Å²) in [7, 11) is 0. The van der Waals surface area contributed by atoms with Crippen molar-refractivity contribution in [2.24, 2.45) is 5.92 Å². The molecule has 0 aliphatic heterocycles. The van der Waals surface area contributed by atoms with Gasteiger partial charge in [0.25, 0.3) is 5.91 Å². The van der Waals surface area contributed by atoms with E-state index in [0.29, 0.717) is 25.1 Å². The van der Waals surface area contributed by atoms with Crippen LogP contribution < -0.4 is 34.0 Å². The molecule has 1 aromatic rings. The molecule has 0 aliphatic rings. The van der Waals surface area contributed by atoms with E-state index in [1.807, 2.05) is 0 Å². The van der Waals surface area contributed by atoms with Crippen LogP contribution in [0.5, 0.6) is 5.75 Å². The van der Waals surface area contributed by atoms with Crippen LogP contribution in [0.1, 0.15) is 69.2 Å². The second-order valence-corrected chi connectivity index (χ2v) is 6.70. The molecule has 1 aromatic carbocycles. The van der Waals surface area contributed by atoms with E-state index in [1.165, 1.54) is 25.7 Å². The van der Waals surface area contributed by atoms with E-state index in [0.717, 1.165) is 18.1 Å². The number of ether oxygens (including phenoxy) is 1. The van der Waals surface area contributed by atoms with E-state index < -0.39 is 5.97 Å². The molecule has 140 valence electrons. The topological polar surface area (TPSA) is 78.5 Å². The molecule has 1 rings (SSSR count). The van der Waals surface area contributed by atoms with Gasteiger partial charge in [-0.25, -0.2) is 0 Å². The molecule has 0 atom stereocenters. The van der Waals surface area contributed by atoms with Crippen molar-refractivity contribution < 1.29 is 38.3 Å². The summed E-state index contributed by atoms with van der Waals surface area (Å²) in [6.07, 6.45) is 6.36. The number of carbonyl (C=O) groups is 2. The minimum absolute atomic E-state index is 0. The number of benzene rings is 1. The first kappa shape index (κ1) is 24.6. The third kappa shape index (κ3) is 12.0. The molecule has 1 N–H and O–H groups in total. The molecular weight excluding hydrogens is 325 g/mol. The summed E-state index contributed by atoms with van der Waals surface area (Å²) in [4.78, 5) is 22.2. The van der Waals surface area contributed by atoms with Gasteiger partial charge in [0.2, 0.25) is 0 Å². The normalized spacial score (nSPS) is 10.3. The molecular formula is C20H30LiNO4. The number of nitrogens with one attached hydrogen (secondary N) is 1. The number of amides is 1. The van der Waals surface area contributed by atoms with Crippen molar-refractivity contribution in [3.8, 4) is 5.75 Å². The van der Waals surface area contributed by atoms with E-state index in [2.05, 4.69) is 19.2 Å². The van der Waals surface area contributed by atoms with E-state index in [9.17, 15) is 14.7 Å². The van der Waals surface area contributed by atoms with Gasteiger partial charge in [0.05, 0.1) is 6.61 Å². The van der Waals surface area contributed by atoms with Gasteiger partial charge in [-0.05, 0) is 49.4 Å². The van der Waals surface area contributed by atoms with Gasteiger partial charge in [-0.15, -0.1) is 0 Å². The van der Waals surface area contributed by atoms with Crippen molar-refractivity contribution in [3.05, 3.63) is 29.8 Å². The van der Waals surface area contributed by atoms with Crippen LogP contribution in [-0.2, 0) is 4.79 Å². The SMILES string of the molecule is CC(C)CCCCCCOc1ccc(C(=O)NCCCC(=O)[O-])cc1.[Li+]. The average molecular weight is 355 g/mol. The summed E-state index contributed by atoms with van der Waals surface area (Å²) in [5, 5.41) is 13.0. The van der Waals surface area contributed by atoms with E-state index in [-0.39, 0.29) is 31.2 Å². The first-order valence-corrected chi connectivity index (χ1v) is 9.20. The van der Waals surface area contributed by atoms with Crippen molar-refractivity contribution in [2.75, 3.05) is 13.2 Å². The van der Waals surface area contributed by atoms with Gasteiger partial charge < -0.3 is 20.0 Å². The number of unbranched alkanes of at least 4 members (excludes halogenated alkanes) is 3. The second kappa shape index (κ2) is 14.7. The predicted molar refractivity (Wildman–Crippen MR) is 96.4 cm³/mol. The molecule has 0 radical (unpaired) electrons. The Balaban J connectivity index is 0.00000625. The molecule has 0 saturated carbocycles. The fraction of sp³-hybridized carbons (Fsp3) is 0.600. The number of aliphatic carboxylic acids is 1. The van der Waals surface area contributed by atoms with Crippen LogP contribution in [0.4, 0.5) is 0 Å². The summed E-state index contributed by atoms with van der Waals surface area (Å²) >= 11 is 0. The Morgan fingerprint density at radius 2 is 1.69 bits per heavy atom. The first-order valence-electron chi connectivity index (χ1n) is 9.20. The number of carboxylic acid groups (broad SMARTS) is 1. The molecule has 0 heterocycles. The van der Waals surface area contributed by atoms with Crippen LogP contribution in [0.3, 0.4) is 0 Å². The van der Waals surface area contributed by atoms with Crippen LogP contribution in [-0.4, -0.2) is 25.0 Å². The standard InChI is InChI=1S/C20H31NO4.Li/c1-16(2)8-5-3-4-6-15-25-18-12-10-17(11-13-18)20(24)21-14-7-9-19(22)23;/h10-13,16H,3-9,14-15H2,1-2H3,(H,21,24)(H,22,23);/q;+1/p-1. The number of carboxylic acids is 1. The average Bonchev–Trinajstić information content (AvgIpc) is 2.57. The Labute approximate surface area is 169 Å². The Morgan fingerprint density at radius 3 is 2.31 bits per heavy atom. The number of rotatable bonds is 13. The summed E-state index contributed by atoms with van der Waals surface area (Å²) < 4.78 is 5.69. The molecule has 0 fully saturated rings. The quantitative estimate of drug-likeness (QED) is 0.397. The van der Waals surface area contributed by atoms with E-state index >= 15 is 0 Å². The fourth-order valence-electron chi connectivity index (χ4n) is 2.44. The van der Waals surface area contributed by atoms with Gasteiger partial charge >= 0.3 is 18.9 Å². The fourth-order valence-corrected chi connectivity index (χ4v) is 2.44. The largest absolute Gasteiger partial charge is 1.00 e. The zero-order chi connectivity index (χ0) is 18.5. The number of carbonyl (C=O) groups excluding carboxylic acids is 2. The van der Waals surface area contributed by atoms with Crippen molar-refractivity contribution >= 4 is 11.9 Å². The minimum atomic E-state index is -1.10. The van der Waals surface area contributed by atoms with Crippen molar-refractivity contribution in [2.45, 2.75) is 58.8 Å². The second-order valence-electron chi connectivity index (χ2n) is 6.70. The van der Waals surface area contributed by atoms with E-state index in [4.69, 9.17) is 4.74 Å². The maximum atomic E-state index is 11.9. The van der Waals surface area contributed by atoms with Gasteiger partial charge in [-0.1, -0.05) is 39.5 Å². The molecule has 0 unspecified atom stereocenters. The first-order chi connectivity index (χ1) is 12.0. The third-order valence-electron chi connectivity index (χ3n) is 3.90. The summed E-state index contributed by atoms with van der Waals surface area (Å²) in [5.74, 6) is 0.225. The summed E-state index contributed by atoms with van der Waals surface area (Å²) in [6.45, 7) is 5.51. The van der Waals surface area contributed by atoms with Crippen LogP contribution in [0.15, 0.2) is 24.3 Å². The van der Waals surface area contributed by atoms with Crippen LogP contribution in [0.25, 0.3) is 0 Å². The molecule has 5 nitrogen and oxygen atoms in total. The Bertz CT molecular complexity index is 517. The van der Waals surface area contributed by atoms with Gasteiger partial charge in [-0.3, -0.25) is 4.79 Å². The molecule has 26 heavy (non-hydrogen) atoms. The van der Waals surface area contributed by atoms with Crippen LogP contribution in [0, 0.1) is 5.92 Å². The zero-order valence-electron chi connectivity index (χ0n) is 16.4. The zero-order valence-corrected chi connectivity index (χ0v) is 16.4. The number of hydrogen-bond acceptors (Lipinski definition) is 4. The molecule has 1 amide bonds. The van der Waals surface area contributed by atoms with Crippen LogP contribution in [0.2, 0.25) is 0 Å². The predicted octanol–water partition coefficient (Wildman–Crippen LogP) is -0.0642. The van der Waals surface area contributed by atoms with Crippen LogP contribution >= 0.6 is 0 Å². The van der Waals surface area contributed by atoms with Gasteiger partial charge in [0.1, 0.15) is 5.75 Å². The maximum Gasteiger partial charge on any atom is 1.00 e. The van der Waals surface area contributed by atoms with Crippen molar-refractivity contribution in [1.82, 2.24) is 5.32 Å². The summed E-state index contributed by atoms with van der Waals surface area (Å²) in [5.41, 5.74) is 0.537. The van der Waals surface area contributed by atoms with Gasteiger partial charge in [0, 0.05) is 18.1 Å². The smallest absolute Gasteiger partial charge is 0.550 e. The van der Waals surface area contributed by atoms with Crippen molar-refractivity contribution in [1.29, 1.82) is 0 Å². The molecule has 6 heteroatoms. The molecule has 0 aromatic heterocycles. The summed E-state index contributed by atoms with van der Waals surface area (Å²) in [6, 6.07) is 7.00. The molecule has 0 saturated heterocycles. The van der Waals surface area contributed by atoms with Gasteiger partial charge in [0.15, 0.2) is 0 Å². The molecule has 0 aliphatic carbocycles.